The van der Waals surface area contributed by atoms with Gasteiger partial charge in [0.1, 0.15) is 11.3 Å². The van der Waals surface area contributed by atoms with Crippen molar-refractivity contribution in [2.45, 2.75) is 0 Å². The lowest BCUT2D eigenvalue weighted by atomic mass is 10.2. The van der Waals surface area contributed by atoms with E-state index in [-0.39, 0.29) is 5.56 Å². The Morgan fingerprint density at radius 3 is 3.00 bits per heavy atom. The first kappa shape index (κ1) is 8.96. The van der Waals surface area contributed by atoms with Crippen molar-refractivity contribution in [1.29, 1.82) is 0 Å². The van der Waals surface area contributed by atoms with Crippen molar-refractivity contribution in [1.82, 2.24) is 9.78 Å². The molecule has 0 atom stereocenters. The molecule has 4 nitrogen and oxygen atoms in total. The number of aryl methyl sites for hydroxylation is 1. The van der Waals surface area contributed by atoms with Gasteiger partial charge in [-0.05, 0) is 11.4 Å². The van der Waals surface area contributed by atoms with Crippen molar-refractivity contribution >= 4 is 17.3 Å². The molecule has 0 bridgehead atoms. The second-order valence-corrected chi connectivity index (χ2v) is 3.80. The quantitative estimate of drug-likeness (QED) is 0.819. The van der Waals surface area contributed by atoms with Crippen molar-refractivity contribution < 1.29 is 9.90 Å². The third-order valence-corrected chi connectivity index (χ3v) is 2.69. The summed E-state index contributed by atoms with van der Waals surface area (Å²) in [6.45, 7) is 0. The molecular formula is C9H8N2O2S. The van der Waals surface area contributed by atoms with Crippen molar-refractivity contribution in [2.75, 3.05) is 0 Å². The van der Waals surface area contributed by atoms with Gasteiger partial charge < -0.3 is 5.11 Å². The molecule has 5 heteroatoms. The van der Waals surface area contributed by atoms with E-state index in [4.69, 9.17) is 5.11 Å². The van der Waals surface area contributed by atoms with Crippen LogP contribution in [-0.4, -0.2) is 20.9 Å². The highest BCUT2D eigenvalue weighted by Crippen LogP contribution is 2.26. The van der Waals surface area contributed by atoms with E-state index in [2.05, 4.69) is 5.10 Å². The van der Waals surface area contributed by atoms with Crippen LogP contribution in [0.5, 0.6) is 0 Å². The van der Waals surface area contributed by atoms with Gasteiger partial charge in [0.15, 0.2) is 0 Å². The number of carboxylic acids is 1. The van der Waals surface area contributed by atoms with Crippen LogP contribution in [0.15, 0.2) is 23.7 Å². The molecule has 0 unspecified atom stereocenters. The summed E-state index contributed by atoms with van der Waals surface area (Å²) in [6, 6.07) is 3.74. The smallest absolute Gasteiger partial charge is 0.339 e. The molecule has 2 aromatic rings. The van der Waals surface area contributed by atoms with Crippen LogP contribution in [0.3, 0.4) is 0 Å². The van der Waals surface area contributed by atoms with Gasteiger partial charge in [0.2, 0.25) is 0 Å². The Balaban J connectivity index is 2.58. The first-order valence-corrected chi connectivity index (χ1v) is 4.87. The van der Waals surface area contributed by atoms with E-state index in [0.29, 0.717) is 5.69 Å². The maximum absolute atomic E-state index is 10.9. The third-order valence-electron chi connectivity index (χ3n) is 1.81. The van der Waals surface area contributed by atoms with Crippen molar-refractivity contribution in [3.8, 4) is 10.6 Å². The van der Waals surface area contributed by atoms with Gasteiger partial charge in [0, 0.05) is 13.2 Å². The minimum Gasteiger partial charge on any atom is -0.478 e. The van der Waals surface area contributed by atoms with Crippen LogP contribution in [0.4, 0.5) is 0 Å². The zero-order valence-electron chi connectivity index (χ0n) is 7.47. The second kappa shape index (κ2) is 3.26. The predicted octanol–water partition coefficient (Wildman–Crippen LogP) is 1.85. The molecule has 72 valence electrons. The van der Waals surface area contributed by atoms with E-state index in [1.807, 2.05) is 17.5 Å². The topological polar surface area (TPSA) is 55.1 Å². The van der Waals surface area contributed by atoms with Crippen LogP contribution in [0.25, 0.3) is 10.6 Å². The molecule has 0 radical (unpaired) electrons. The highest BCUT2D eigenvalue weighted by Gasteiger charge is 2.16. The van der Waals surface area contributed by atoms with E-state index in [0.717, 1.165) is 4.88 Å². The highest BCUT2D eigenvalue weighted by atomic mass is 32.1. The van der Waals surface area contributed by atoms with Gasteiger partial charge in [-0.2, -0.15) is 5.10 Å². The van der Waals surface area contributed by atoms with E-state index < -0.39 is 5.97 Å². The van der Waals surface area contributed by atoms with Crippen LogP contribution in [0, 0.1) is 0 Å². The standard InChI is InChI=1S/C9H8N2O2S/c1-11-5-6(9(12)13)8(10-11)7-3-2-4-14-7/h2-5H,1H3,(H,12,13). The van der Waals surface area contributed by atoms with Crippen LogP contribution in [0.1, 0.15) is 10.4 Å². The predicted molar refractivity (Wildman–Crippen MR) is 53.5 cm³/mol. The minimum atomic E-state index is -0.943. The molecule has 14 heavy (non-hydrogen) atoms. The number of aromatic carboxylic acids is 1. The van der Waals surface area contributed by atoms with Gasteiger partial charge in [-0.15, -0.1) is 11.3 Å². The van der Waals surface area contributed by atoms with E-state index in [1.165, 1.54) is 22.2 Å². The van der Waals surface area contributed by atoms with Crippen molar-refractivity contribution in [3.63, 3.8) is 0 Å². The van der Waals surface area contributed by atoms with E-state index in [1.54, 1.807) is 7.05 Å². The summed E-state index contributed by atoms with van der Waals surface area (Å²) >= 11 is 1.48. The SMILES string of the molecule is Cn1cc(C(=O)O)c(-c2cccs2)n1. The Labute approximate surface area is 84.4 Å². The fraction of sp³-hybridized carbons (Fsp3) is 0.111. The average Bonchev–Trinajstić information content (AvgIpc) is 2.70. The zero-order valence-corrected chi connectivity index (χ0v) is 8.28. The monoisotopic (exact) mass is 208 g/mol. The average molecular weight is 208 g/mol. The number of nitrogens with zero attached hydrogens (tertiary/aromatic N) is 2. The lowest BCUT2D eigenvalue weighted by Crippen LogP contribution is -1.95. The summed E-state index contributed by atoms with van der Waals surface area (Å²) < 4.78 is 1.51. The molecule has 2 aromatic heterocycles. The molecule has 2 rings (SSSR count). The number of hydrogen-bond acceptors (Lipinski definition) is 3. The molecule has 0 aromatic carbocycles. The molecule has 0 aliphatic heterocycles. The second-order valence-electron chi connectivity index (χ2n) is 2.85. The highest BCUT2D eigenvalue weighted by molar-refractivity contribution is 7.13. The summed E-state index contributed by atoms with van der Waals surface area (Å²) in [6.07, 6.45) is 1.51. The number of aromatic nitrogens is 2. The Bertz CT molecular complexity index is 459. The Hall–Kier alpha value is -1.62. The minimum absolute atomic E-state index is 0.245. The number of carboxylic acid groups (broad SMARTS) is 1. The molecule has 0 aliphatic carbocycles. The Morgan fingerprint density at radius 2 is 2.43 bits per heavy atom. The molecule has 0 saturated heterocycles. The largest absolute Gasteiger partial charge is 0.478 e. The van der Waals surface area contributed by atoms with Crippen molar-refractivity contribution in [2.24, 2.45) is 7.05 Å². The molecule has 0 spiro atoms. The summed E-state index contributed by atoms with van der Waals surface area (Å²) in [4.78, 5) is 11.8. The number of thiophene rings is 1. The summed E-state index contributed by atoms with van der Waals surface area (Å²) in [5.74, 6) is -0.943. The van der Waals surface area contributed by atoms with E-state index in [9.17, 15) is 4.79 Å². The fourth-order valence-electron chi connectivity index (χ4n) is 1.24. The number of hydrogen-bond donors (Lipinski definition) is 1. The first-order chi connectivity index (χ1) is 6.68. The molecule has 0 fully saturated rings. The summed E-state index contributed by atoms with van der Waals surface area (Å²) in [5.41, 5.74) is 0.782. The van der Waals surface area contributed by atoms with Crippen LogP contribution < -0.4 is 0 Å². The molecule has 0 aliphatic rings. The Morgan fingerprint density at radius 1 is 1.64 bits per heavy atom. The third kappa shape index (κ3) is 1.42. The Kier molecular flexibility index (Phi) is 2.09. The van der Waals surface area contributed by atoms with Crippen LogP contribution in [-0.2, 0) is 7.05 Å². The summed E-state index contributed by atoms with van der Waals surface area (Å²) in [7, 11) is 1.71. The van der Waals surface area contributed by atoms with Gasteiger partial charge in [-0.25, -0.2) is 4.79 Å². The zero-order chi connectivity index (χ0) is 10.1. The fourth-order valence-corrected chi connectivity index (χ4v) is 1.96. The molecule has 0 amide bonds. The lowest BCUT2D eigenvalue weighted by molar-refractivity contribution is 0.0697. The van der Waals surface area contributed by atoms with Gasteiger partial charge in [0.25, 0.3) is 0 Å². The number of carbonyl (C=O) groups is 1. The molecule has 2 heterocycles. The lowest BCUT2D eigenvalue weighted by Gasteiger charge is -1.92. The molecule has 0 saturated carbocycles. The normalized spacial score (nSPS) is 10.4. The number of rotatable bonds is 2. The van der Waals surface area contributed by atoms with Crippen LogP contribution >= 0.6 is 11.3 Å². The maximum atomic E-state index is 10.9. The van der Waals surface area contributed by atoms with Crippen LogP contribution in [0.2, 0.25) is 0 Å². The van der Waals surface area contributed by atoms with Crippen molar-refractivity contribution in [3.05, 3.63) is 29.3 Å². The van der Waals surface area contributed by atoms with Gasteiger partial charge in [-0.3, -0.25) is 4.68 Å². The first-order valence-electron chi connectivity index (χ1n) is 3.99. The molecular weight excluding hydrogens is 200 g/mol. The van der Waals surface area contributed by atoms with Gasteiger partial charge in [0.05, 0.1) is 4.88 Å². The molecule has 1 N–H and O–H groups in total. The van der Waals surface area contributed by atoms with Gasteiger partial charge in [-0.1, -0.05) is 6.07 Å². The maximum Gasteiger partial charge on any atom is 0.339 e. The van der Waals surface area contributed by atoms with Gasteiger partial charge >= 0.3 is 5.97 Å². The summed E-state index contributed by atoms with van der Waals surface area (Å²) in [5, 5.41) is 14.9. The van der Waals surface area contributed by atoms with E-state index >= 15 is 0 Å².